The summed E-state index contributed by atoms with van der Waals surface area (Å²) in [6, 6.07) is 5.16. The maximum Gasteiger partial charge on any atom is 0.250 e. The van der Waals surface area contributed by atoms with Crippen LogP contribution < -0.4 is 4.72 Å². The van der Waals surface area contributed by atoms with Gasteiger partial charge < -0.3 is 5.11 Å². The average Bonchev–Trinajstić information content (AvgIpc) is 2.98. The zero-order valence-electron chi connectivity index (χ0n) is 9.80. The molecular weight excluding hydrogens is 326 g/mol. The zero-order chi connectivity index (χ0) is 13.9. The van der Waals surface area contributed by atoms with E-state index in [1.54, 1.807) is 11.4 Å². The molecular formula is C11H12ClNO3S3. The van der Waals surface area contributed by atoms with E-state index in [2.05, 4.69) is 4.72 Å². The zero-order valence-corrected chi connectivity index (χ0v) is 13.0. The Kier molecular flexibility index (Phi) is 4.99. The van der Waals surface area contributed by atoms with Crippen LogP contribution in [0.3, 0.4) is 0 Å². The van der Waals surface area contributed by atoms with E-state index in [-0.39, 0.29) is 10.8 Å². The van der Waals surface area contributed by atoms with Crippen LogP contribution in [0.25, 0.3) is 0 Å². The number of sulfonamides is 1. The molecule has 0 bridgehead atoms. The summed E-state index contributed by atoms with van der Waals surface area (Å²) in [4.78, 5) is 1.04. The molecule has 2 heterocycles. The van der Waals surface area contributed by atoms with Gasteiger partial charge in [-0.15, -0.1) is 22.7 Å². The SMILES string of the molecule is O=S(=O)(NCCc1ccc(Cl)s1)c1cc(CO)cs1. The topological polar surface area (TPSA) is 66.4 Å². The van der Waals surface area contributed by atoms with Crippen molar-refractivity contribution < 1.29 is 13.5 Å². The molecule has 104 valence electrons. The lowest BCUT2D eigenvalue weighted by Gasteiger charge is -2.03. The van der Waals surface area contributed by atoms with E-state index < -0.39 is 10.0 Å². The molecule has 19 heavy (non-hydrogen) atoms. The van der Waals surface area contributed by atoms with Gasteiger partial charge in [-0.05, 0) is 35.6 Å². The molecule has 0 amide bonds. The lowest BCUT2D eigenvalue weighted by atomic mass is 10.3. The fourth-order valence-electron chi connectivity index (χ4n) is 1.44. The highest BCUT2D eigenvalue weighted by molar-refractivity contribution is 7.91. The summed E-state index contributed by atoms with van der Waals surface area (Å²) in [5.74, 6) is 0. The minimum Gasteiger partial charge on any atom is -0.392 e. The molecule has 0 atom stereocenters. The summed E-state index contributed by atoms with van der Waals surface area (Å²) in [7, 11) is -3.48. The molecule has 0 saturated carbocycles. The lowest BCUT2D eigenvalue weighted by Crippen LogP contribution is -2.25. The van der Waals surface area contributed by atoms with Crippen molar-refractivity contribution in [3.05, 3.63) is 38.4 Å². The number of rotatable bonds is 6. The van der Waals surface area contributed by atoms with E-state index in [0.29, 0.717) is 22.9 Å². The molecule has 0 aliphatic heterocycles. The summed E-state index contributed by atoms with van der Waals surface area (Å²) < 4.78 is 27.4. The van der Waals surface area contributed by atoms with E-state index >= 15 is 0 Å². The van der Waals surface area contributed by atoms with E-state index in [0.717, 1.165) is 16.2 Å². The minimum atomic E-state index is -3.48. The summed E-state index contributed by atoms with van der Waals surface area (Å²) >= 11 is 8.35. The molecule has 8 heteroatoms. The molecule has 4 nitrogen and oxygen atoms in total. The number of hydrogen-bond donors (Lipinski definition) is 2. The second kappa shape index (κ2) is 6.34. The molecule has 0 spiro atoms. The van der Waals surface area contributed by atoms with Gasteiger partial charge in [-0.1, -0.05) is 11.6 Å². The van der Waals surface area contributed by atoms with Crippen molar-refractivity contribution in [1.29, 1.82) is 0 Å². The average molecular weight is 338 g/mol. The molecule has 2 rings (SSSR count). The van der Waals surface area contributed by atoms with Crippen LogP contribution in [0.4, 0.5) is 0 Å². The van der Waals surface area contributed by atoms with Gasteiger partial charge in [0, 0.05) is 11.4 Å². The highest BCUT2D eigenvalue weighted by atomic mass is 35.5. The first-order valence-electron chi connectivity index (χ1n) is 5.43. The Balaban J connectivity index is 1.94. The van der Waals surface area contributed by atoms with Crippen LogP contribution in [-0.2, 0) is 23.1 Å². The van der Waals surface area contributed by atoms with Crippen LogP contribution in [0.1, 0.15) is 10.4 Å². The van der Waals surface area contributed by atoms with Crippen LogP contribution in [0.15, 0.2) is 27.8 Å². The summed E-state index contributed by atoms with van der Waals surface area (Å²) in [6.45, 7) is 0.172. The monoisotopic (exact) mass is 337 g/mol. The highest BCUT2D eigenvalue weighted by Crippen LogP contribution is 2.22. The van der Waals surface area contributed by atoms with Gasteiger partial charge in [0.25, 0.3) is 0 Å². The molecule has 0 unspecified atom stereocenters. The Morgan fingerprint density at radius 2 is 2.16 bits per heavy atom. The Hall–Kier alpha value is -0.440. The minimum absolute atomic E-state index is 0.153. The Morgan fingerprint density at radius 3 is 2.74 bits per heavy atom. The van der Waals surface area contributed by atoms with Crippen molar-refractivity contribution in [2.75, 3.05) is 6.54 Å². The van der Waals surface area contributed by atoms with E-state index in [4.69, 9.17) is 16.7 Å². The first-order chi connectivity index (χ1) is 9.01. The predicted octanol–water partition coefficient (Wildman–Crippen LogP) is 2.48. The summed E-state index contributed by atoms with van der Waals surface area (Å²) in [5.41, 5.74) is 0.607. The van der Waals surface area contributed by atoms with Crippen molar-refractivity contribution in [3.63, 3.8) is 0 Å². The first-order valence-corrected chi connectivity index (χ1v) is 8.99. The molecule has 0 aliphatic carbocycles. The van der Waals surface area contributed by atoms with Gasteiger partial charge >= 0.3 is 0 Å². The van der Waals surface area contributed by atoms with E-state index in [1.165, 1.54) is 17.4 Å². The van der Waals surface area contributed by atoms with Crippen LogP contribution in [0.2, 0.25) is 4.34 Å². The maximum absolute atomic E-state index is 12.0. The van der Waals surface area contributed by atoms with Crippen molar-refractivity contribution in [1.82, 2.24) is 4.72 Å². The molecule has 2 aromatic rings. The number of aliphatic hydroxyl groups excluding tert-OH is 1. The smallest absolute Gasteiger partial charge is 0.250 e. The van der Waals surface area contributed by atoms with Gasteiger partial charge in [0.2, 0.25) is 10.0 Å². The van der Waals surface area contributed by atoms with Gasteiger partial charge in [0.1, 0.15) is 4.21 Å². The number of hydrogen-bond acceptors (Lipinski definition) is 5. The van der Waals surface area contributed by atoms with Crippen LogP contribution in [0.5, 0.6) is 0 Å². The van der Waals surface area contributed by atoms with Crippen LogP contribution in [-0.4, -0.2) is 20.1 Å². The molecule has 0 aromatic carbocycles. The number of aliphatic hydroxyl groups is 1. The van der Waals surface area contributed by atoms with Gasteiger partial charge in [-0.2, -0.15) is 0 Å². The Labute approximate surface area is 124 Å². The quantitative estimate of drug-likeness (QED) is 0.851. The van der Waals surface area contributed by atoms with Gasteiger partial charge in [0.05, 0.1) is 10.9 Å². The highest BCUT2D eigenvalue weighted by Gasteiger charge is 2.16. The number of halogens is 1. The number of thiophene rings is 2. The molecule has 0 saturated heterocycles. The second-order valence-electron chi connectivity index (χ2n) is 3.79. The van der Waals surface area contributed by atoms with Crippen molar-refractivity contribution in [3.8, 4) is 0 Å². The van der Waals surface area contributed by atoms with Crippen LogP contribution >= 0.6 is 34.3 Å². The summed E-state index contributed by atoms with van der Waals surface area (Å²) in [5, 5.41) is 10.6. The molecule has 0 radical (unpaired) electrons. The van der Waals surface area contributed by atoms with Gasteiger partial charge in [-0.25, -0.2) is 13.1 Å². The molecule has 0 aliphatic rings. The molecule has 2 N–H and O–H groups in total. The van der Waals surface area contributed by atoms with Crippen molar-refractivity contribution in [2.45, 2.75) is 17.2 Å². The fourth-order valence-corrected chi connectivity index (χ4v) is 4.81. The van der Waals surface area contributed by atoms with Crippen LogP contribution in [0, 0.1) is 0 Å². The predicted molar refractivity (Wildman–Crippen MR) is 78.5 cm³/mol. The van der Waals surface area contributed by atoms with Gasteiger partial charge in [0.15, 0.2) is 0 Å². The number of nitrogens with one attached hydrogen (secondary N) is 1. The Morgan fingerprint density at radius 1 is 1.37 bits per heavy atom. The van der Waals surface area contributed by atoms with Crippen molar-refractivity contribution in [2.24, 2.45) is 0 Å². The standard InChI is InChI=1S/C11H12ClNO3S3/c12-10-2-1-9(18-10)3-4-13-19(15,16)11-5-8(6-14)7-17-11/h1-2,5,7,13-14H,3-4,6H2. The normalized spacial score (nSPS) is 11.9. The third kappa shape index (κ3) is 4.01. The third-order valence-corrected chi connectivity index (χ3v) is 6.61. The molecule has 0 fully saturated rings. The maximum atomic E-state index is 12.0. The van der Waals surface area contributed by atoms with Gasteiger partial charge in [-0.3, -0.25) is 0 Å². The van der Waals surface area contributed by atoms with E-state index in [1.807, 2.05) is 6.07 Å². The fraction of sp³-hybridized carbons (Fsp3) is 0.273. The molecule has 2 aromatic heterocycles. The first kappa shape index (κ1) is 15.0. The largest absolute Gasteiger partial charge is 0.392 e. The van der Waals surface area contributed by atoms with Crippen molar-refractivity contribution >= 4 is 44.3 Å². The summed E-state index contributed by atoms with van der Waals surface area (Å²) in [6.07, 6.45) is 0.606. The van der Waals surface area contributed by atoms with E-state index in [9.17, 15) is 8.42 Å². The third-order valence-electron chi connectivity index (χ3n) is 2.37. The Bertz CT molecular complexity index is 648. The second-order valence-corrected chi connectivity index (χ2v) is 8.49. The lowest BCUT2D eigenvalue weighted by molar-refractivity contribution is 0.282.